The molecule has 0 fully saturated rings. The molecule has 0 aliphatic heterocycles. The van der Waals surface area contributed by atoms with Crippen molar-refractivity contribution in [1.82, 2.24) is 4.90 Å². The van der Waals surface area contributed by atoms with Crippen molar-refractivity contribution < 1.29 is 32.8 Å². The number of amides is 1. The number of nitrogens with zero attached hydrogens (tertiary/aromatic N) is 1. The van der Waals surface area contributed by atoms with Crippen LogP contribution in [0.5, 0.6) is 0 Å². The Kier molecular flexibility index (Phi) is 23.1. The highest BCUT2D eigenvalue weighted by molar-refractivity contribution is 9.09. The van der Waals surface area contributed by atoms with Gasteiger partial charge in [0.25, 0.3) is 0 Å². The highest BCUT2D eigenvalue weighted by Crippen LogP contribution is 2.44. The molecule has 260 valence electrons. The number of halogens is 1. The number of unbranched alkanes of at least 4 members (excludes halogenated alkanes) is 13. The Hall–Kier alpha value is -1.74. The number of phosphoric ester groups is 1. The summed E-state index contributed by atoms with van der Waals surface area (Å²) in [4.78, 5) is 25.1. The number of phosphoric acid groups is 1. The standard InChI is InChI=1S/C36H57BrNO7P/c1-2-3-4-5-6-7-8-9-10-11-12-13-14-21-27-42-32-35(45-46(40,41)44-28-26-37)30-38(29-33-22-17-15-18-23-33)36(39)43-31-34-24-19-16-20-25-34/h15-20,22-25,35H,2-14,21,26-32H2,1H3,(H,40,41). The van der Waals surface area contributed by atoms with E-state index in [1.54, 1.807) is 0 Å². The van der Waals surface area contributed by atoms with E-state index in [-0.39, 0.29) is 32.9 Å². The van der Waals surface area contributed by atoms with Crippen molar-refractivity contribution in [3.8, 4) is 0 Å². The summed E-state index contributed by atoms with van der Waals surface area (Å²) in [6.45, 7) is 3.16. The zero-order valence-electron chi connectivity index (χ0n) is 27.9. The molecule has 1 amide bonds. The fraction of sp³-hybridized carbons (Fsp3) is 0.639. The van der Waals surface area contributed by atoms with E-state index in [2.05, 4.69) is 22.9 Å². The lowest BCUT2D eigenvalue weighted by Crippen LogP contribution is -2.40. The SMILES string of the molecule is CCCCCCCCCCCCCCCCOCC(CN(Cc1ccccc1)C(=O)OCc1ccccc1)OP(=O)(O)OCCBr. The molecule has 0 aliphatic rings. The summed E-state index contributed by atoms with van der Waals surface area (Å²) in [5.74, 6) is 0. The molecule has 0 spiro atoms. The van der Waals surface area contributed by atoms with Crippen LogP contribution in [0.4, 0.5) is 4.79 Å². The first kappa shape index (κ1) is 40.4. The van der Waals surface area contributed by atoms with E-state index in [1.807, 2.05) is 60.7 Å². The van der Waals surface area contributed by atoms with E-state index in [1.165, 1.54) is 81.9 Å². The molecular formula is C36H57BrNO7P. The smallest absolute Gasteiger partial charge is 0.445 e. The molecular weight excluding hydrogens is 669 g/mol. The normalized spacial score (nSPS) is 13.3. The molecule has 0 saturated carbocycles. The number of hydrogen-bond donors (Lipinski definition) is 1. The zero-order valence-corrected chi connectivity index (χ0v) is 30.3. The summed E-state index contributed by atoms with van der Waals surface area (Å²) in [5.41, 5.74) is 1.76. The lowest BCUT2D eigenvalue weighted by Gasteiger charge is -2.28. The molecule has 0 aliphatic carbocycles. The van der Waals surface area contributed by atoms with Crippen molar-refractivity contribution in [2.75, 3.05) is 31.7 Å². The summed E-state index contributed by atoms with van der Waals surface area (Å²) >= 11 is 3.20. The molecule has 10 heteroatoms. The maximum absolute atomic E-state index is 13.3. The Morgan fingerprint density at radius 1 is 0.783 bits per heavy atom. The molecule has 0 saturated heterocycles. The predicted octanol–water partition coefficient (Wildman–Crippen LogP) is 10.2. The molecule has 2 unspecified atom stereocenters. The molecule has 0 heterocycles. The van der Waals surface area contributed by atoms with Crippen molar-refractivity contribution in [1.29, 1.82) is 0 Å². The van der Waals surface area contributed by atoms with Gasteiger partial charge in [-0.25, -0.2) is 9.36 Å². The van der Waals surface area contributed by atoms with E-state index in [0.29, 0.717) is 11.9 Å². The van der Waals surface area contributed by atoms with E-state index in [9.17, 15) is 14.3 Å². The second kappa shape index (κ2) is 26.2. The number of ether oxygens (including phenoxy) is 2. The molecule has 2 aromatic rings. The van der Waals surface area contributed by atoms with Gasteiger partial charge in [-0.1, -0.05) is 167 Å². The van der Waals surface area contributed by atoms with Crippen molar-refractivity contribution in [3.05, 3.63) is 71.8 Å². The van der Waals surface area contributed by atoms with Crippen LogP contribution in [0.25, 0.3) is 0 Å². The highest BCUT2D eigenvalue weighted by Gasteiger charge is 2.30. The first-order chi connectivity index (χ1) is 22.4. The van der Waals surface area contributed by atoms with Crippen LogP contribution in [0, 0.1) is 0 Å². The third-order valence-electron chi connectivity index (χ3n) is 7.66. The number of carbonyl (C=O) groups is 1. The second-order valence-corrected chi connectivity index (χ2v) is 14.0. The van der Waals surface area contributed by atoms with Gasteiger partial charge in [-0.15, -0.1) is 0 Å². The number of benzene rings is 2. The largest absolute Gasteiger partial charge is 0.472 e. The molecule has 1 N–H and O–H groups in total. The van der Waals surface area contributed by atoms with Gasteiger partial charge in [0.1, 0.15) is 12.7 Å². The van der Waals surface area contributed by atoms with Crippen LogP contribution in [0.15, 0.2) is 60.7 Å². The molecule has 2 aromatic carbocycles. The van der Waals surface area contributed by atoms with Gasteiger partial charge in [0.2, 0.25) is 0 Å². The summed E-state index contributed by atoms with van der Waals surface area (Å²) < 4.78 is 34.8. The highest BCUT2D eigenvalue weighted by atomic mass is 79.9. The lowest BCUT2D eigenvalue weighted by atomic mass is 10.0. The van der Waals surface area contributed by atoms with E-state index in [0.717, 1.165) is 24.0 Å². The number of alkyl halides is 1. The maximum atomic E-state index is 13.3. The van der Waals surface area contributed by atoms with Gasteiger partial charge in [-0.3, -0.25) is 9.05 Å². The molecule has 2 atom stereocenters. The predicted molar refractivity (Wildman–Crippen MR) is 189 cm³/mol. The van der Waals surface area contributed by atoms with Crippen LogP contribution >= 0.6 is 23.8 Å². The van der Waals surface area contributed by atoms with Gasteiger partial charge < -0.3 is 19.3 Å². The number of hydrogen-bond acceptors (Lipinski definition) is 6. The molecule has 8 nitrogen and oxygen atoms in total. The van der Waals surface area contributed by atoms with Crippen molar-refractivity contribution >= 4 is 29.8 Å². The van der Waals surface area contributed by atoms with Gasteiger partial charge >= 0.3 is 13.9 Å². The van der Waals surface area contributed by atoms with Crippen molar-refractivity contribution in [2.45, 2.75) is 116 Å². The zero-order chi connectivity index (χ0) is 33.1. The average Bonchev–Trinajstić information content (AvgIpc) is 3.06. The van der Waals surface area contributed by atoms with Gasteiger partial charge in [-0.2, -0.15) is 0 Å². The van der Waals surface area contributed by atoms with Crippen LogP contribution < -0.4 is 0 Å². The van der Waals surface area contributed by atoms with Crippen LogP contribution in [0.3, 0.4) is 0 Å². The van der Waals surface area contributed by atoms with Crippen molar-refractivity contribution in [3.63, 3.8) is 0 Å². The third kappa shape index (κ3) is 20.5. The lowest BCUT2D eigenvalue weighted by molar-refractivity contribution is 0.00474. The molecule has 0 aromatic heterocycles. The minimum absolute atomic E-state index is 0.00719. The summed E-state index contributed by atoms with van der Waals surface area (Å²) in [6.07, 6.45) is 16.4. The Morgan fingerprint density at radius 3 is 1.85 bits per heavy atom. The Bertz CT molecular complexity index is 1060. The molecule has 0 radical (unpaired) electrons. The van der Waals surface area contributed by atoms with E-state index in [4.69, 9.17) is 18.5 Å². The first-order valence-corrected chi connectivity index (χ1v) is 19.8. The summed E-state index contributed by atoms with van der Waals surface area (Å²) in [6, 6.07) is 19.0. The summed E-state index contributed by atoms with van der Waals surface area (Å²) in [7, 11) is -4.38. The average molecular weight is 727 g/mol. The third-order valence-corrected chi connectivity index (χ3v) is 9.06. The fourth-order valence-corrected chi connectivity index (χ4v) is 6.46. The molecule has 46 heavy (non-hydrogen) atoms. The molecule has 0 bridgehead atoms. The Labute approximate surface area is 286 Å². The Morgan fingerprint density at radius 2 is 1.30 bits per heavy atom. The first-order valence-electron chi connectivity index (χ1n) is 17.2. The van der Waals surface area contributed by atoms with Crippen LogP contribution in [-0.2, 0) is 36.2 Å². The quantitative estimate of drug-likeness (QED) is 0.0530. The van der Waals surface area contributed by atoms with Gasteiger partial charge in [0, 0.05) is 18.5 Å². The van der Waals surface area contributed by atoms with Gasteiger partial charge in [0.05, 0.1) is 19.8 Å². The van der Waals surface area contributed by atoms with Gasteiger partial charge in [0.15, 0.2) is 0 Å². The minimum Gasteiger partial charge on any atom is -0.445 e. The monoisotopic (exact) mass is 725 g/mol. The van der Waals surface area contributed by atoms with Gasteiger partial charge in [-0.05, 0) is 17.5 Å². The van der Waals surface area contributed by atoms with Crippen LogP contribution in [0.1, 0.15) is 108 Å². The Balaban J connectivity index is 1.81. The number of rotatable bonds is 28. The summed E-state index contributed by atoms with van der Waals surface area (Å²) in [5, 5.41) is 0.382. The van der Waals surface area contributed by atoms with E-state index < -0.39 is 20.0 Å². The fourth-order valence-electron chi connectivity index (χ4n) is 5.16. The van der Waals surface area contributed by atoms with E-state index >= 15 is 0 Å². The minimum atomic E-state index is -4.38. The topological polar surface area (TPSA) is 94.5 Å². The number of carbonyl (C=O) groups excluding carboxylic acids is 1. The second-order valence-electron chi connectivity index (χ2n) is 11.8. The van der Waals surface area contributed by atoms with Crippen LogP contribution in [0.2, 0.25) is 0 Å². The van der Waals surface area contributed by atoms with Crippen LogP contribution in [-0.4, -0.2) is 53.7 Å². The maximum Gasteiger partial charge on any atom is 0.472 e. The molecule has 2 rings (SSSR count). The van der Waals surface area contributed by atoms with Crippen molar-refractivity contribution in [2.24, 2.45) is 0 Å².